The molecule has 1 aliphatic rings. The lowest BCUT2D eigenvalue weighted by molar-refractivity contribution is 0.854. The molecule has 4 aromatic heterocycles. The van der Waals surface area contributed by atoms with Gasteiger partial charge in [-0.05, 0) is 107 Å². The number of benzene rings is 12. The van der Waals surface area contributed by atoms with E-state index in [1.54, 1.807) is 0 Å². The fourth-order valence-corrected chi connectivity index (χ4v) is 13.5. The number of para-hydroxylation sites is 4. The first-order valence-corrected chi connectivity index (χ1v) is 29.9. The summed E-state index contributed by atoms with van der Waals surface area (Å²) in [6, 6.07) is 103. The first kappa shape index (κ1) is 50.1. The Balaban J connectivity index is 0.987. The minimum absolute atomic E-state index is 0.288. The molecule has 87 heavy (non-hydrogen) atoms. The molecule has 408 valence electrons. The van der Waals surface area contributed by atoms with Gasteiger partial charge in [0.15, 0.2) is 17.5 Å². The Kier molecular flexibility index (Phi) is 11.9. The lowest BCUT2D eigenvalue weighted by Gasteiger charge is -2.22. The Bertz CT molecular complexity index is 5060. The van der Waals surface area contributed by atoms with Crippen LogP contribution in [0.3, 0.4) is 0 Å². The quantitative estimate of drug-likeness (QED) is 0.137. The van der Waals surface area contributed by atoms with Gasteiger partial charge in [-0.1, -0.05) is 237 Å². The number of nitrogens with zero attached hydrogens (tertiary/aromatic N) is 6. The maximum absolute atomic E-state index is 5.40. The summed E-state index contributed by atoms with van der Waals surface area (Å²) in [7, 11) is 0. The van der Waals surface area contributed by atoms with Crippen molar-refractivity contribution in [3.05, 3.63) is 315 Å². The van der Waals surface area contributed by atoms with Crippen LogP contribution in [0.15, 0.2) is 309 Å². The molecule has 17 rings (SSSR count). The second-order valence-electron chi connectivity index (χ2n) is 22.7. The molecule has 16 aromatic rings. The molecule has 0 saturated carbocycles. The predicted octanol–water partition coefficient (Wildman–Crippen LogP) is 20.8. The van der Waals surface area contributed by atoms with Crippen molar-refractivity contribution < 1.29 is 0 Å². The van der Waals surface area contributed by atoms with E-state index in [2.05, 4.69) is 287 Å². The molecule has 0 N–H and O–H groups in total. The summed E-state index contributed by atoms with van der Waals surface area (Å²) in [4.78, 5) is 16.0. The van der Waals surface area contributed by atoms with Crippen molar-refractivity contribution in [1.29, 1.82) is 0 Å². The summed E-state index contributed by atoms with van der Waals surface area (Å²) in [5.41, 5.74) is 20.6. The molecule has 12 aromatic carbocycles. The largest absolute Gasteiger partial charge is 0.309 e. The molecule has 0 fully saturated rings. The molecule has 0 amide bonds. The van der Waals surface area contributed by atoms with E-state index in [9.17, 15) is 0 Å². The summed E-state index contributed by atoms with van der Waals surface area (Å²) in [5.74, 6) is 2.09. The van der Waals surface area contributed by atoms with Gasteiger partial charge in [-0.3, -0.25) is 0 Å². The fourth-order valence-electron chi connectivity index (χ4n) is 13.5. The Morgan fingerprint density at radius 1 is 0.276 bits per heavy atom. The van der Waals surface area contributed by atoms with Gasteiger partial charge in [-0.15, -0.1) is 0 Å². The van der Waals surface area contributed by atoms with Crippen molar-refractivity contribution in [3.8, 4) is 84.6 Å². The SMILES string of the molecule is C1=CCC(c2ccc(-c3cc(-c4nc(-c5ccccc5)nc(-c5ccccc5)n4)cc(-c4ccc(-c5ccccc5)cc4)c3-n3c4ccc(-n5c6ccccc6c6ccccc65)cc4c4cc(-n5c6ccccc6c6ccccc65)ccc43)cc2)C=C1. The van der Waals surface area contributed by atoms with Gasteiger partial charge in [0.25, 0.3) is 0 Å². The monoisotopic (exact) mass is 1110 g/mol. The zero-order chi connectivity index (χ0) is 57.4. The van der Waals surface area contributed by atoms with Crippen LogP contribution >= 0.6 is 0 Å². The minimum atomic E-state index is 0.288. The third-order valence-electron chi connectivity index (χ3n) is 17.6. The van der Waals surface area contributed by atoms with E-state index >= 15 is 0 Å². The Labute approximate surface area is 503 Å². The number of aromatic nitrogens is 6. The van der Waals surface area contributed by atoms with Gasteiger partial charge in [0.1, 0.15) is 0 Å². The summed E-state index contributed by atoms with van der Waals surface area (Å²) < 4.78 is 7.41. The van der Waals surface area contributed by atoms with E-state index in [0.29, 0.717) is 17.5 Å². The molecule has 0 spiro atoms. The topological polar surface area (TPSA) is 53.5 Å². The summed E-state index contributed by atoms with van der Waals surface area (Å²) in [6.45, 7) is 0. The van der Waals surface area contributed by atoms with Crippen LogP contribution in [0, 0.1) is 0 Å². The van der Waals surface area contributed by atoms with Crippen LogP contribution in [0.5, 0.6) is 0 Å². The maximum Gasteiger partial charge on any atom is 0.164 e. The molecule has 1 atom stereocenters. The minimum Gasteiger partial charge on any atom is -0.309 e. The van der Waals surface area contributed by atoms with E-state index in [-0.39, 0.29) is 5.92 Å². The molecular formula is C81H54N6. The van der Waals surface area contributed by atoms with Gasteiger partial charge >= 0.3 is 0 Å². The second-order valence-corrected chi connectivity index (χ2v) is 22.7. The highest BCUT2D eigenvalue weighted by molar-refractivity contribution is 6.15. The average Bonchev–Trinajstić information content (AvgIpc) is 1.80. The van der Waals surface area contributed by atoms with Gasteiger partial charge in [0.2, 0.25) is 0 Å². The van der Waals surface area contributed by atoms with E-state index < -0.39 is 0 Å². The molecule has 1 unspecified atom stereocenters. The smallest absolute Gasteiger partial charge is 0.164 e. The number of allylic oxidation sites excluding steroid dienone is 4. The van der Waals surface area contributed by atoms with E-state index in [1.807, 2.05) is 36.4 Å². The van der Waals surface area contributed by atoms with Crippen LogP contribution in [0.25, 0.3) is 150 Å². The van der Waals surface area contributed by atoms with Crippen LogP contribution in [-0.4, -0.2) is 28.7 Å². The number of hydrogen-bond donors (Lipinski definition) is 0. The fraction of sp³-hybridized carbons (Fsp3) is 0.0247. The van der Waals surface area contributed by atoms with Crippen LogP contribution in [0.2, 0.25) is 0 Å². The molecule has 0 saturated heterocycles. The highest BCUT2D eigenvalue weighted by atomic mass is 15.0. The lowest BCUT2D eigenvalue weighted by atomic mass is 9.89. The van der Waals surface area contributed by atoms with Gasteiger partial charge in [0, 0.05) is 77.4 Å². The van der Waals surface area contributed by atoms with Crippen LogP contribution in [0.1, 0.15) is 17.9 Å². The van der Waals surface area contributed by atoms with E-state index in [1.165, 1.54) is 49.2 Å². The van der Waals surface area contributed by atoms with Crippen molar-refractivity contribution in [3.63, 3.8) is 0 Å². The molecule has 6 heteroatoms. The Morgan fingerprint density at radius 3 is 1.08 bits per heavy atom. The third-order valence-corrected chi connectivity index (χ3v) is 17.6. The van der Waals surface area contributed by atoms with Gasteiger partial charge in [0.05, 0.1) is 38.8 Å². The molecule has 6 nitrogen and oxygen atoms in total. The second kappa shape index (κ2) is 20.7. The third kappa shape index (κ3) is 8.52. The number of rotatable bonds is 10. The predicted molar refractivity (Wildman–Crippen MR) is 361 cm³/mol. The summed E-state index contributed by atoms with van der Waals surface area (Å²) in [5, 5.41) is 7.18. The van der Waals surface area contributed by atoms with Gasteiger partial charge in [-0.25, -0.2) is 15.0 Å². The van der Waals surface area contributed by atoms with Crippen molar-refractivity contribution in [2.24, 2.45) is 0 Å². The molecule has 0 aliphatic heterocycles. The van der Waals surface area contributed by atoms with Crippen LogP contribution in [-0.2, 0) is 0 Å². The summed E-state index contributed by atoms with van der Waals surface area (Å²) >= 11 is 0. The molecule has 1 aliphatic carbocycles. The van der Waals surface area contributed by atoms with Crippen molar-refractivity contribution in [1.82, 2.24) is 28.7 Å². The Hall–Kier alpha value is -11.5. The first-order chi connectivity index (χ1) is 43.1. The molecule has 0 bridgehead atoms. The van der Waals surface area contributed by atoms with Crippen molar-refractivity contribution >= 4 is 65.4 Å². The lowest BCUT2D eigenvalue weighted by Crippen LogP contribution is -2.04. The molecule has 0 radical (unpaired) electrons. The van der Waals surface area contributed by atoms with E-state index in [0.717, 1.165) is 95.4 Å². The zero-order valence-corrected chi connectivity index (χ0v) is 47.4. The maximum atomic E-state index is 5.40. The van der Waals surface area contributed by atoms with Gasteiger partial charge < -0.3 is 13.7 Å². The summed E-state index contributed by atoms with van der Waals surface area (Å²) in [6.07, 6.45) is 9.85. The number of hydrogen-bond acceptors (Lipinski definition) is 3. The first-order valence-electron chi connectivity index (χ1n) is 29.9. The van der Waals surface area contributed by atoms with Crippen molar-refractivity contribution in [2.75, 3.05) is 0 Å². The molecular weight excluding hydrogens is 1060 g/mol. The average molecular weight is 1110 g/mol. The van der Waals surface area contributed by atoms with Gasteiger partial charge in [-0.2, -0.15) is 0 Å². The highest BCUT2D eigenvalue weighted by Gasteiger charge is 2.26. The number of fused-ring (bicyclic) bond motifs is 9. The van der Waals surface area contributed by atoms with Crippen LogP contribution < -0.4 is 0 Å². The van der Waals surface area contributed by atoms with Crippen LogP contribution in [0.4, 0.5) is 0 Å². The Morgan fingerprint density at radius 2 is 0.644 bits per heavy atom. The normalized spacial score (nSPS) is 13.3. The standard InChI is InChI=1S/C81H54N6/c1-5-21-53(22-6-1)55-37-41-57(42-38-55)68-49-61(81-83-79(59-25-9-3-10-26-59)82-80(84-81)60-27-11-4-12-28-60)50-69(58-43-39-56(40-44-58)54-23-7-2-8-24-54)78(68)87-76-47-45-62(85-72-33-17-13-29-64(72)65-30-14-18-34-73(65)85)51-70(76)71-52-63(46-48-77(71)87)86-74-35-19-15-31-66(74)67-32-16-20-36-75(67)86/h1-23,25-52,54H,24H2. The molecule has 4 heterocycles. The zero-order valence-electron chi connectivity index (χ0n) is 47.4. The highest BCUT2D eigenvalue weighted by Crippen LogP contribution is 2.47. The van der Waals surface area contributed by atoms with Crippen molar-refractivity contribution in [2.45, 2.75) is 12.3 Å². The van der Waals surface area contributed by atoms with E-state index in [4.69, 9.17) is 15.0 Å².